The number of furan rings is 1. The molecule has 1 aromatic heterocycles. The van der Waals surface area contributed by atoms with Gasteiger partial charge in [0.2, 0.25) is 0 Å². The van der Waals surface area contributed by atoms with Crippen LogP contribution < -0.4 is 5.73 Å². The maximum absolute atomic E-state index is 6.37. The Labute approximate surface area is 98.2 Å². The van der Waals surface area contributed by atoms with Gasteiger partial charge >= 0.3 is 0 Å². The molecule has 1 fully saturated rings. The lowest BCUT2D eigenvalue weighted by molar-refractivity contribution is 0.229. The molecule has 0 aromatic carbocycles. The molecule has 1 aliphatic rings. The SMILES string of the molecule is CCC1CCCC(C(N)c2ccoc2C)C1. The number of nitrogens with two attached hydrogens (primary N) is 1. The van der Waals surface area contributed by atoms with E-state index in [-0.39, 0.29) is 6.04 Å². The van der Waals surface area contributed by atoms with Crippen molar-refractivity contribution in [1.82, 2.24) is 0 Å². The van der Waals surface area contributed by atoms with Crippen molar-refractivity contribution in [1.29, 1.82) is 0 Å². The molecular formula is C14H23NO. The molecule has 0 saturated heterocycles. The third-order valence-electron chi connectivity index (χ3n) is 4.17. The van der Waals surface area contributed by atoms with E-state index in [9.17, 15) is 0 Å². The lowest BCUT2D eigenvalue weighted by Gasteiger charge is -2.32. The van der Waals surface area contributed by atoms with Crippen LogP contribution in [0.15, 0.2) is 16.7 Å². The van der Waals surface area contributed by atoms with Crippen LogP contribution in [-0.4, -0.2) is 0 Å². The Morgan fingerprint density at radius 1 is 1.50 bits per heavy atom. The van der Waals surface area contributed by atoms with Gasteiger partial charge in [-0.2, -0.15) is 0 Å². The highest BCUT2D eigenvalue weighted by atomic mass is 16.3. The van der Waals surface area contributed by atoms with Crippen molar-refractivity contribution in [2.24, 2.45) is 17.6 Å². The Morgan fingerprint density at radius 3 is 2.94 bits per heavy atom. The normalized spacial score (nSPS) is 27.9. The largest absolute Gasteiger partial charge is 0.469 e. The van der Waals surface area contributed by atoms with E-state index >= 15 is 0 Å². The molecule has 1 heterocycles. The molecule has 2 rings (SSSR count). The van der Waals surface area contributed by atoms with Gasteiger partial charge in [0.1, 0.15) is 5.76 Å². The van der Waals surface area contributed by atoms with Gasteiger partial charge in [-0.3, -0.25) is 0 Å². The molecule has 90 valence electrons. The Balaban J connectivity index is 2.04. The lowest BCUT2D eigenvalue weighted by Crippen LogP contribution is -2.27. The molecule has 3 unspecified atom stereocenters. The van der Waals surface area contributed by atoms with Gasteiger partial charge in [-0.25, -0.2) is 0 Å². The van der Waals surface area contributed by atoms with Gasteiger partial charge in [0.05, 0.1) is 6.26 Å². The number of aryl methyl sites for hydroxylation is 1. The van der Waals surface area contributed by atoms with E-state index in [2.05, 4.69) is 6.92 Å². The van der Waals surface area contributed by atoms with E-state index < -0.39 is 0 Å². The molecule has 0 radical (unpaired) electrons. The zero-order chi connectivity index (χ0) is 11.5. The van der Waals surface area contributed by atoms with E-state index in [0.717, 1.165) is 11.7 Å². The highest BCUT2D eigenvalue weighted by Gasteiger charge is 2.27. The lowest BCUT2D eigenvalue weighted by atomic mass is 9.75. The van der Waals surface area contributed by atoms with E-state index in [4.69, 9.17) is 10.2 Å². The van der Waals surface area contributed by atoms with Gasteiger partial charge in [-0.15, -0.1) is 0 Å². The highest BCUT2D eigenvalue weighted by molar-refractivity contribution is 5.20. The van der Waals surface area contributed by atoms with Crippen LogP contribution in [0.25, 0.3) is 0 Å². The van der Waals surface area contributed by atoms with Gasteiger partial charge in [0.25, 0.3) is 0 Å². The molecular weight excluding hydrogens is 198 g/mol. The molecule has 1 saturated carbocycles. The quantitative estimate of drug-likeness (QED) is 0.843. The summed E-state index contributed by atoms with van der Waals surface area (Å²) in [4.78, 5) is 0. The third kappa shape index (κ3) is 2.32. The van der Waals surface area contributed by atoms with Gasteiger partial charge in [0.15, 0.2) is 0 Å². The molecule has 0 amide bonds. The minimum atomic E-state index is 0.174. The zero-order valence-electron chi connectivity index (χ0n) is 10.4. The summed E-state index contributed by atoms with van der Waals surface area (Å²) >= 11 is 0. The molecule has 3 atom stereocenters. The summed E-state index contributed by atoms with van der Waals surface area (Å²) in [6, 6.07) is 2.21. The van der Waals surface area contributed by atoms with Gasteiger partial charge in [-0.05, 0) is 37.7 Å². The summed E-state index contributed by atoms with van der Waals surface area (Å²) in [5, 5.41) is 0. The zero-order valence-corrected chi connectivity index (χ0v) is 10.4. The standard InChI is InChI=1S/C14H23NO/c1-3-11-5-4-6-12(9-11)14(15)13-7-8-16-10(13)2/h7-8,11-12,14H,3-6,9,15H2,1-2H3. The molecule has 0 aliphatic heterocycles. The van der Waals surface area contributed by atoms with Crippen LogP contribution in [0.2, 0.25) is 0 Å². The third-order valence-corrected chi connectivity index (χ3v) is 4.17. The Kier molecular flexibility index (Phi) is 3.70. The van der Waals surface area contributed by atoms with E-state index in [1.807, 2.05) is 13.0 Å². The summed E-state index contributed by atoms with van der Waals surface area (Å²) in [7, 11) is 0. The van der Waals surface area contributed by atoms with Crippen LogP contribution in [0.1, 0.15) is 56.4 Å². The highest BCUT2D eigenvalue weighted by Crippen LogP contribution is 2.38. The van der Waals surface area contributed by atoms with E-state index in [1.54, 1.807) is 6.26 Å². The first-order chi connectivity index (χ1) is 7.72. The monoisotopic (exact) mass is 221 g/mol. The summed E-state index contributed by atoms with van der Waals surface area (Å²) < 4.78 is 5.35. The molecule has 16 heavy (non-hydrogen) atoms. The second-order valence-corrected chi connectivity index (χ2v) is 5.16. The van der Waals surface area contributed by atoms with Crippen molar-refractivity contribution in [2.45, 2.75) is 52.0 Å². The van der Waals surface area contributed by atoms with Crippen LogP contribution in [0.5, 0.6) is 0 Å². The minimum absolute atomic E-state index is 0.174. The van der Waals surface area contributed by atoms with Crippen LogP contribution in [0.4, 0.5) is 0 Å². The average Bonchev–Trinajstić information content (AvgIpc) is 2.74. The minimum Gasteiger partial charge on any atom is -0.469 e. The van der Waals surface area contributed by atoms with Crippen molar-refractivity contribution in [3.05, 3.63) is 23.7 Å². The molecule has 1 aliphatic carbocycles. The van der Waals surface area contributed by atoms with Gasteiger partial charge in [0, 0.05) is 11.6 Å². The van der Waals surface area contributed by atoms with Crippen molar-refractivity contribution in [3.8, 4) is 0 Å². The Morgan fingerprint density at radius 2 is 2.31 bits per heavy atom. The topological polar surface area (TPSA) is 39.2 Å². The maximum atomic E-state index is 6.37. The molecule has 2 nitrogen and oxygen atoms in total. The van der Waals surface area contributed by atoms with Crippen molar-refractivity contribution < 1.29 is 4.42 Å². The van der Waals surface area contributed by atoms with Gasteiger partial charge in [-0.1, -0.05) is 26.2 Å². The fourth-order valence-electron chi connectivity index (χ4n) is 3.02. The van der Waals surface area contributed by atoms with Crippen molar-refractivity contribution in [2.75, 3.05) is 0 Å². The number of rotatable bonds is 3. The van der Waals surface area contributed by atoms with Crippen LogP contribution >= 0.6 is 0 Å². The number of hydrogen-bond acceptors (Lipinski definition) is 2. The second kappa shape index (κ2) is 5.05. The predicted octanol–water partition coefficient (Wildman–Crippen LogP) is 3.80. The summed E-state index contributed by atoms with van der Waals surface area (Å²) in [5.41, 5.74) is 7.58. The Bertz CT molecular complexity index is 331. The maximum Gasteiger partial charge on any atom is 0.105 e. The smallest absolute Gasteiger partial charge is 0.105 e. The average molecular weight is 221 g/mol. The summed E-state index contributed by atoms with van der Waals surface area (Å²) in [5.74, 6) is 2.53. The molecule has 0 bridgehead atoms. The first-order valence-electron chi connectivity index (χ1n) is 6.52. The van der Waals surface area contributed by atoms with Crippen molar-refractivity contribution in [3.63, 3.8) is 0 Å². The molecule has 0 spiro atoms. The first-order valence-corrected chi connectivity index (χ1v) is 6.52. The van der Waals surface area contributed by atoms with Crippen LogP contribution in [0, 0.1) is 18.8 Å². The fraction of sp³-hybridized carbons (Fsp3) is 0.714. The molecule has 2 N–H and O–H groups in total. The fourth-order valence-corrected chi connectivity index (χ4v) is 3.02. The summed E-state index contributed by atoms with van der Waals surface area (Å²) in [6.45, 7) is 4.30. The molecule has 1 aromatic rings. The van der Waals surface area contributed by atoms with E-state index in [1.165, 1.54) is 37.7 Å². The summed E-state index contributed by atoms with van der Waals surface area (Å²) in [6.07, 6.45) is 8.36. The van der Waals surface area contributed by atoms with Crippen LogP contribution in [0.3, 0.4) is 0 Å². The number of hydrogen-bond donors (Lipinski definition) is 1. The first kappa shape index (κ1) is 11.7. The molecule has 2 heteroatoms. The Hall–Kier alpha value is -0.760. The predicted molar refractivity (Wildman–Crippen MR) is 66.1 cm³/mol. The van der Waals surface area contributed by atoms with Gasteiger partial charge < -0.3 is 10.2 Å². The van der Waals surface area contributed by atoms with E-state index in [0.29, 0.717) is 5.92 Å². The van der Waals surface area contributed by atoms with Crippen LogP contribution in [-0.2, 0) is 0 Å². The van der Waals surface area contributed by atoms with Crippen molar-refractivity contribution >= 4 is 0 Å². The second-order valence-electron chi connectivity index (χ2n) is 5.16.